The van der Waals surface area contributed by atoms with E-state index in [0.717, 1.165) is 22.9 Å². The van der Waals surface area contributed by atoms with Crippen LogP contribution in [0.3, 0.4) is 0 Å². The summed E-state index contributed by atoms with van der Waals surface area (Å²) in [5.74, 6) is 1.73. The highest BCUT2D eigenvalue weighted by atomic mass is 32.1. The molecule has 80 valence electrons. The van der Waals surface area contributed by atoms with Gasteiger partial charge in [0.2, 0.25) is 0 Å². The Hall–Kier alpha value is -1.20. The molecule has 1 atom stereocenters. The zero-order valence-electron chi connectivity index (χ0n) is 8.84. The lowest BCUT2D eigenvalue weighted by atomic mass is 10.2. The molecule has 0 saturated heterocycles. The fourth-order valence-electron chi connectivity index (χ4n) is 1.39. The molecule has 1 unspecified atom stereocenters. The molecular formula is C10H14N4S. The smallest absolute Gasteiger partial charge is 0.191 e. The van der Waals surface area contributed by atoms with E-state index in [0.29, 0.717) is 0 Å². The Morgan fingerprint density at radius 1 is 1.60 bits per heavy atom. The van der Waals surface area contributed by atoms with Gasteiger partial charge in [0, 0.05) is 19.5 Å². The number of rotatable bonds is 3. The number of aryl methyl sites for hydroxylation is 1. The summed E-state index contributed by atoms with van der Waals surface area (Å²) in [6.45, 7) is 1.97. The normalized spacial score (nSPS) is 13.0. The third kappa shape index (κ3) is 2.24. The van der Waals surface area contributed by atoms with E-state index in [-0.39, 0.29) is 6.04 Å². The van der Waals surface area contributed by atoms with Gasteiger partial charge < -0.3 is 5.73 Å². The minimum absolute atomic E-state index is 0.115. The highest BCUT2D eigenvalue weighted by Crippen LogP contribution is 2.21. The fourth-order valence-corrected chi connectivity index (χ4v) is 2.05. The monoisotopic (exact) mass is 222 g/mol. The lowest BCUT2D eigenvalue weighted by Gasteiger charge is -2.02. The van der Waals surface area contributed by atoms with Crippen LogP contribution in [-0.4, -0.2) is 20.8 Å². The molecule has 0 radical (unpaired) electrons. The van der Waals surface area contributed by atoms with Gasteiger partial charge in [-0.1, -0.05) is 6.07 Å². The first-order valence-electron chi connectivity index (χ1n) is 4.86. The van der Waals surface area contributed by atoms with Crippen molar-refractivity contribution in [3.05, 3.63) is 23.3 Å². The van der Waals surface area contributed by atoms with E-state index in [1.165, 1.54) is 0 Å². The SMILES string of the molecule is CC(N)Cc1nc(-c2cccs2)nn1C. The van der Waals surface area contributed by atoms with Gasteiger partial charge in [0.05, 0.1) is 4.88 Å². The predicted molar refractivity (Wildman–Crippen MR) is 61.7 cm³/mol. The summed E-state index contributed by atoms with van der Waals surface area (Å²) >= 11 is 1.65. The van der Waals surface area contributed by atoms with Crippen LogP contribution in [0.15, 0.2) is 17.5 Å². The molecule has 2 N–H and O–H groups in total. The Bertz CT molecular complexity index is 430. The maximum absolute atomic E-state index is 5.74. The van der Waals surface area contributed by atoms with E-state index < -0.39 is 0 Å². The van der Waals surface area contributed by atoms with Crippen molar-refractivity contribution >= 4 is 11.3 Å². The first kappa shape index (κ1) is 10.3. The van der Waals surface area contributed by atoms with Crippen molar-refractivity contribution in [2.24, 2.45) is 12.8 Å². The molecule has 2 rings (SSSR count). The first-order valence-corrected chi connectivity index (χ1v) is 5.74. The summed E-state index contributed by atoms with van der Waals surface area (Å²) in [6, 6.07) is 4.14. The molecule has 2 aromatic heterocycles. The lowest BCUT2D eigenvalue weighted by Crippen LogP contribution is -2.20. The quantitative estimate of drug-likeness (QED) is 0.854. The third-order valence-corrected chi connectivity index (χ3v) is 2.97. The molecule has 0 saturated carbocycles. The van der Waals surface area contributed by atoms with Crippen molar-refractivity contribution in [2.75, 3.05) is 0 Å². The molecule has 0 aliphatic carbocycles. The molecular weight excluding hydrogens is 208 g/mol. The van der Waals surface area contributed by atoms with Crippen LogP contribution in [-0.2, 0) is 13.5 Å². The zero-order chi connectivity index (χ0) is 10.8. The summed E-state index contributed by atoms with van der Waals surface area (Å²) in [4.78, 5) is 5.57. The Kier molecular flexibility index (Phi) is 2.83. The molecule has 0 spiro atoms. The molecule has 0 fully saturated rings. The average molecular weight is 222 g/mol. The molecule has 0 aliphatic rings. The van der Waals surface area contributed by atoms with Crippen molar-refractivity contribution in [3.8, 4) is 10.7 Å². The summed E-state index contributed by atoms with van der Waals surface area (Å²) in [5, 5.41) is 6.39. The third-order valence-electron chi connectivity index (χ3n) is 2.10. The summed E-state index contributed by atoms with van der Waals surface area (Å²) in [6.07, 6.45) is 0.759. The second-order valence-corrected chi connectivity index (χ2v) is 4.58. The van der Waals surface area contributed by atoms with Crippen molar-refractivity contribution in [2.45, 2.75) is 19.4 Å². The molecule has 0 amide bonds. The van der Waals surface area contributed by atoms with E-state index in [1.807, 2.05) is 31.5 Å². The Labute approximate surface area is 92.8 Å². The van der Waals surface area contributed by atoms with Gasteiger partial charge >= 0.3 is 0 Å². The summed E-state index contributed by atoms with van der Waals surface area (Å²) in [7, 11) is 1.90. The van der Waals surface area contributed by atoms with E-state index >= 15 is 0 Å². The van der Waals surface area contributed by atoms with Crippen LogP contribution >= 0.6 is 11.3 Å². The largest absolute Gasteiger partial charge is 0.328 e. The Morgan fingerprint density at radius 2 is 2.40 bits per heavy atom. The van der Waals surface area contributed by atoms with Crippen molar-refractivity contribution in [1.29, 1.82) is 0 Å². The van der Waals surface area contributed by atoms with Crippen LogP contribution in [0.4, 0.5) is 0 Å². The first-order chi connectivity index (χ1) is 7.16. The fraction of sp³-hybridized carbons (Fsp3) is 0.400. The lowest BCUT2D eigenvalue weighted by molar-refractivity contribution is 0.639. The minimum atomic E-state index is 0.115. The zero-order valence-corrected chi connectivity index (χ0v) is 9.66. The Balaban J connectivity index is 2.29. The highest BCUT2D eigenvalue weighted by molar-refractivity contribution is 7.13. The maximum Gasteiger partial charge on any atom is 0.191 e. The number of nitrogens with two attached hydrogens (primary N) is 1. The molecule has 4 nitrogen and oxygen atoms in total. The second-order valence-electron chi connectivity index (χ2n) is 3.63. The van der Waals surface area contributed by atoms with Gasteiger partial charge in [-0.05, 0) is 18.4 Å². The second kappa shape index (κ2) is 4.12. The molecule has 0 bridgehead atoms. The van der Waals surface area contributed by atoms with Gasteiger partial charge in [-0.3, -0.25) is 4.68 Å². The molecule has 2 aromatic rings. The minimum Gasteiger partial charge on any atom is -0.328 e. The van der Waals surface area contributed by atoms with Crippen LogP contribution in [0, 0.1) is 0 Å². The predicted octanol–water partition coefficient (Wildman–Crippen LogP) is 1.43. The van der Waals surface area contributed by atoms with Gasteiger partial charge in [-0.2, -0.15) is 5.10 Å². The number of aromatic nitrogens is 3. The van der Waals surface area contributed by atoms with Crippen LogP contribution in [0.25, 0.3) is 10.7 Å². The van der Waals surface area contributed by atoms with Crippen molar-refractivity contribution in [3.63, 3.8) is 0 Å². The van der Waals surface area contributed by atoms with Gasteiger partial charge in [-0.15, -0.1) is 11.3 Å². The Morgan fingerprint density at radius 3 is 3.00 bits per heavy atom. The molecule has 5 heteroatoms. The van der Waals surface area contributed by atoms with Crippen LogP contribution < -0.4 is 5.73 Å². The highest BCUT2D eigenvalue weighted by Gasteiger charge is 2.10. The van der Waals surface area contributed by atoms with Crippen molar-refractivity contribution < 1.29 is 0 Å². The topological polar surface area (TPSA) is 56.7 Å². The van der Waals surface area contributed by atoms with Crippen LogP contribution in [0.5, 0.6) is 0 Å². The van der Waals surface area contributed by atoms with Gasteiger partial charge in [0.15, 0.2) is 5.82 Å². The van der Waals surface area contributed by atoms with Gasteiger partial charge in [0.25, 0.3) is 0 Å². The van der Waals surface area contributed by atoms with E-state index in [2.05, 4.69) is 10.1 Å². The van der Waals surface area contributed by atoms with E-state index in [1.54, 1.807) is 16.0 Å². The van der Waals surface area contributed by atoms with Crippen molar-refractivity contribution in [1.82, 2.24) is 14.8 Å². The van der Waals surface area contributed by atoms with E-state index in [9.17, 15) is 0 Å². The van der Waals surface area contributed by atoms with Crippen LogP contribution in [0.2, 0.25) is 0 Å². The standard InChI is InChI=1S/C10H14N4S/c1-7(11)6-9-12-10(13-14(9)2)8-4-3-5-15-8/h3-5,7H,6,11H2,1-2H3. The number of thiophene rings is 1. The summed E-state index contributed by atoms with van der Waals surface area (Å²) in [5.41, 5.74) is 5.74. The van der Waals surface area contributed by atoms with E-state index in [4.69, 9.17) is 5.73 Å². The number of nitrogens with zero attached hydrogens (tertiary/aromatic N) is 3. The number of hydrogen-bond donors (Lipinski definition) is 1. The molecule has 0 aromatic carbocycles. The van der Waals surface area contributed by atoms with Gasteiger partial charge in [-0.25, -0.2) is 4.98 Å². The molecule has 2 heterocycles. The molecule has 0 aliphatic heterocycles. The van der Waals surface area contributed by atoms with Gasteiger partial charge in [0.1, 0.15) is 5.82 Å². The average Bonchev–Trinajstić information content (AvgIpc) is 2.75. The maximum atomic E-state index is 5.74. The summed E-state index contributed by atoms with van der Waals surface area (Å²) < 4.78 is 1.80. The number of hydrogen-bond acceptors (Lipinski definition) is 4. The van der Waals surface area contributed by atoms with Crippen LogP contribution in [0.1, 0.15) is 12.7 Å². The molecule has 15 heavy (non-hydrogen) atoms.